The third-order valence-electron chi connectivity index (χ3n) is 4.18. The number of amides is 1. The summed E-state index contributed by atoms with van der Waals surface area (Å²) in [6, 6.07) is 3.21. The highest BCUT2D eigenvalue weighted by Crippen LogP contribution is 2.32. The molecular weight excluding hydrogens is 397 g/mol. The lowest BCUT2D eigenvalue weighted by Crippen LogP contribution is -2.38. The Balaban J connectivity index is 0.00000338. The van der Waals surface area contributed by atoms with Crippen LogP contribution in [0.2, 0.25) is 10.0 Å². The Labute approximate surface area is 171 Å². The van der Waals surface area contributed by atoms with Gasteiger partial charge >= 0.3 is 0 Å². The van der Waals surface area contributed by atoms with Gasteiger partial charge in [-0.05, 0) is 31.9 Å². The number of aliphatic imine (C=N–C) groups is 1. The summed E-state index contributed by atoms with van der Waals surface area (Å²) in [6.45, 7) is 2.20. The van der Waals surface area contributed by atoms with Gasteiger partial charge < -0.3 is 10.5 Å². The van der Waals surface area contributed by atoms with Crippen LogP contribution in [0, 0.1) is 0 Å². The van der Waals surface area contributed by atoms with Crippen LogP contribution in [-0.2, 0) is 0 Å². The second-order valence-corrected chi connectivity index (χ2v) is 7.01. The first kappa shape index (κ1) is 22.9. The van der Waals surface area contributed by atoms with Crippen LogP contribution in [0.1, 0.15) is 62.2 Å². The normalized spacial score (nSPS) is 16.2. The highest BCUT2D eigenvalue weighted by molar-refractivity contribution is 6.36. The standard InChI is InChI=1S/C18H25Cl2N3O2.ClH/c1-2-25-16-14(10-12(19)11-15(16)20)17(24)23-18(21)22-13-8-6-4-3-5-7-9-13;/h10-11,13H,2-9H2,1H3,(H3,21,22,23,24);1H. The fraction of sp³-hybridized carbons (Fsp3) is 0.556. The molecule has 1 amide bonds. The number of hydrogen-bond acceptors (Lipinski definition) is 3. The molecule has 1 aromatic carbocycles. The molecule has 0 aromatic heterocycles. The van der Waals surface area contributed by atoms with E-state index in [4.69, 9.17) is 33.7 Å². The maximum atomic E-state index is 12.6. The number of benzene rings is 1. The minimum absolute atomic E-state index is 0. The molecule has 0 saturated heterocycles. The van der Waals surface area contributed by atoms with Gasteiger partial charge in [0.2, 0.25) is 0 Å². The van der Waals surface area contributed by atoms with E-state index in [0.29, 0.717) is 17.4 Å². The number of guanidine groups is 1. The molecular formula is C18H26Cl3N3O2. The fourth-order valence-corrected chi connectivity index (χ4v) is 3.54. The Morgan fingerprint density at radius 3 is 2.46 bits per heavy atom. The number of carbonyl (C=O) groups excluding carboxylic acids is 1. The molecule has 26 heavy (non-hydrogen) atoms. The number of nitrogens with zero attached hydrogens (tertiary/aromatic N) is 1. The second-order valence-electron chi connectivity index (χ2n) is 6.16. The molecule has 0 bridgehead atoms. The number of nitrogens with two attached hydrogens (primary N) is 1. The Morgan fingerprint density at radius 1 is 1.23 bits per heavy atom. The van der Waals surface area contributed by atoms with Crippen molar-refractivity contribution in [1.82, 2.24) is 5.32 Å². The summed E-state index contributed by atoms with van der Waals surface area (Å²) < 4.78 is 5.47. The SMILES string of the molecule is CCOc1c(Cl)cc(Cl)cc1C(=O)NC(N)=NC1CCCCCCC1.Cl. The van der Waals surface area contributed by atoms with Crippen molar-refractivity contribution < 1.29 is 9.53 Å². The molecule has 0 heterocycles. The molecule has 8 heteroatoms. The highest BCUT2D eigenvalue weighted by Gasteiger charge is 2.18. The molecule has 0 radical (unpaired) electrons. The quantitative estimate of drug-likeness (QED) is 0.531. The number of hydrogen-bond donors (Lipinski definition) is 2. The molecule has 2 rings (SSSR count). The number of nitrogens with one attached hydrogen (secondary N) is 1. The molecule has 3 N–H and O–H groups in total. The molecule has 1 saturated carbocycles. The molecule has 0 spiro atoms. The number of halogens is 3. The lowest BCUT2D eigenvalue weighted by Gasteiger charge is -2.17. The molecule has 5 nitrogen and oxygen atoms in total. The van der Waals surface area contributed by atoms with Gasteiger partial charge in [0.15, 0.2) is 11.7 Å². The second kappa shape index (κ2) is 11.5. The smallest absolute Gasteiger partial charge is 0.261 e. The molecule has 1 aromatic rings. The van der Waals surface area contributed by atoms with Crippen molar-refractivity contribution in [3.05, 3.63) is 27.7 Å². The zero-order valence-electron chi connectivity index (χ0n) is 14.9. The van der Waals surface area contributed by atoms with Gasteiger partial charge in [-0.15, -0.1) is 12.4 Å². The number of ether oxygens (including phenoxy) is 1. The van der Waals surface area contributed by atoms with Gasteiger partial charge in [0.25, 0.3) is 5.91 Å². The van der Waals surface area contributed by atoms with E-state index in [9.17, 15) is 4.79 Å². The summed E-state index contributed by atoms with van der Waals surface area (Å²) >= 11 is 12.1. The monoisotopic (exact) mass is 421 g/mol. The van der Waals surface area contributed by atoms with Gasteiger partial charge in [-0.25, -0.2) is 4.99 Å². The van der Waals surface area contributed by atoms with Crippen molar-refractivity contribution >= 4 is 47.5 Å². The van der Waals surface area contributed by atoms with E-state index in [-0.39, 0.29) is 35.0 Å². The maximum absolute atomic E-state index is 12.6. The van der Waals surface area contributed by atoms with Gasteiger partial charge in [-0.1, -0.05) is 55.3 Å². The lowest BCUT2D eigenvalue weighted by atomic mass is 9.97. The minimum Gasteiger partial charge on any atom is -0.491 e. The Morgan fingerprint density at radius 2 is 1.85 bits per heavy atom. The van der Waals surface area contributed by atoms with E-state index in [1.54, 1.807) is 0 Å². The van der Waals surface area contributed by atoms with Crippen LogP contribution in [0.15, 0.2) is 17.1 Å². The summed E-state index contributed by atoms with van der Waals surface area (Å²) in [5.41, 5.74) is 6.19. The zero-order valence-corrected chi connectivity index (χ0v) is 17.2. The summed E-state index contributed by atoms with van der Waals surface area (Å²) in [4.78, 5) is 17.0. The average molecular weight is 423 g/mol. The number of carbonyl (C=O) groups is 1. The molecule has 0 unspecified atom stereocenters. The summed E-state index contributed by atoms with van der Waals surface area (Å²) in [6.07, 6.45) is 8.06. The van der Waals surface area contributed by atoms with E-state index < -0.39 is 5.91 Å². The third-order valence-corrected chi connectivity index (χ3v) is 4.68. The molecule has 146 valence electrons. The molecule has 0 aliphatic heterocycles. The Bertz CT molecular complexity index is 630. The van der Waals surface area contributed by atoms with Crippen LogP contribution >= 0.6 is 35.6 Å². The highest BCUT2D eigenvalue weighted by atomic mass is 35.5. The molecule has 1 aliphatic rings. The first-order chi connectivity index (χ1) is 12.0. The summed E-state index contributed by atoms with van der Waals surface area (Å²) in [5, 5.41) is 3.27. The van der Waals surface area contributed by atoms with Crippen molar-refractivity contribution in [3.63, 3.8) is 0 Å². The predicted molar refractivity (Wildman–Crippen MR) is 110 cm³/mol. The molecule has 1 aliphatic carbocycles. The van der Waals surface area contributed by atoms with Crippen molar-refractivity contribution in [2.45, 2.75) is 57.9 Å². The van der Waals surface area contributed by atoms with Crippen LogP contribution < -0.4 is 15.8 Å². The van der Waals surface area contributed by atoms with Crippen LogP contribution in [0.5, 0.6) is 5.75 Å². The summed E-state index contributed by atoms with van der Waals surface area (Å²) in [7, 11) is 0. The molecule has 0 atom stereocenters. The first-order valence-corrected chi connectivity index (χ1v) is 9.53. The van der Waals surface area contributed by atoms with Gasteiger partial charge in [0.1, 0.15) is 0 Å². The maximum Gasteiger partial charge on any atom is 0.261 e. The fourth-order valence-electron chi connectivity index (χ4n) is 3.00. The average Bonchev–Trinajstić information content (AvgIpc) is 2.52. The van der Waals surface area contributed by atoms with E-state index >= 15 is 0 Å². The van der Waals surface area contributed by atoms with Gasteiger partial charge in [0, 0.05) is 5.02 Å². The van der Waals surface area contributed by atoms with E-state index in [1.807, 2.05) is 6.92 Å². The zero-order chi connectivity index (χ0) is 18.2. The Hall–Kier alpha value is -1.17. The van der Waals surface area contributed by atoms with Crippen LogP contribution in [0.3, 0.4) is 0 Å². The first-order valence-electron chi connectivity index (χ1n) is 8.77. The predicted octanol–water partition coefficient (Wildman–Crippen LogP) is 4.97. The molecule has 1 fully saturated rings. The lowest BCUT2D eigenvalue weighted by molar-refractivity contribution is 0.0972. The van der Waals surface area contributed by atoms with Crippen molar-refractivity contribution in [1.29, 1.82) is 0 Å². The van der Waals surface area contributed by atoms with Gasteiger partial charge in [-0.3, -0.25) is 10.1 Å². The van der Waals surface area contributed by atoms with E-state index in [0.717, 1.165) is 25.7 Å². The van der Waals surface area contributed by atoms with Crippen LogP contribution in [0.4, 0.5) is 0 Å². The number of rotatable bonds is 4. The van der Waals surface area contributed by atoms with Crippen molar-refractivity contribution in [2.75, 3.05) is 6.61 Å². The van der Waals surface area contributed by atoms with Gasteiger partial charge in [0.05, 0.1) is 23.2 Å². The minimum atomic E-state index is -0.431. The third kappa shape index (κ3) is 6.86. The van der Waals surface area contributed by atoms with E-state index in [1.165, 1.54) is 31.4 Å². The van der Waals surface area contributed by atoms with E-state index in [2.05, 4.69) is 10.3 Å². The van der Waals surface area contributed by atoms with Crippen molar-refractivity contribution in [2.24, 2.45) is 10.7 Å². The van der Waals surface area contributed by atoms with Crippen LogP contribution in [0.25, 0.3) is 0 Å². The largest absolute Gasteiger partial charge is 0.491 e. The van der Waals surface area contributed by atoms with Crippen LogP contribution in [-0.4, -0.2) is 24.5 Å². The topological polar surface area (TPSA) is 76.7 Å². The Kier molecular flexibility index (Phi) is 10.1. The van der Waals surface area contributed by atoms with Crippen molar-refractivity contribution in [3.8, 4) is 5.75 Å². The summed E-state index contributed by atoms with van der Waals surface area (Å²) in [5.74, 6) is -0.0149. The van der Waals surface area contributed by atoms with Gasteiger partial charge in [-0.2, -0.15) is 0 Å².